The number of nitrogens with zero attached hydrogens (tertiary/aromatic N) is 1. The summed E-state index contributed by atoms with van der Waals surface area (Å²) in [4.78, 5) is 10.1. The van der Waals surface area contributed by atoms with E-state index < -0.39 is 26.0 Å². The summed E-state index contributed by atoms with van der Waals surface area (Å²) in [5.74, 6) is -0.374. The van der Waals surface area contributed by atoms with Crippen molar-refractivity contribution >= 4 is 15.7 Å². The number of nitro groups is 1. The molecule has 1 fully saturated rings. The summed E-state index contributed by atoms with van der Waals surface area (Å²) >= 11 is 0. The van der Waals surface area contributed by atoms with Crippen LogP contribution in [0.2, 0.25) is 0 Å². The minimum atomic E-state index is -4.10. The second kappa shape index (κ2) is 7.71. The van der Waals surface area contributed by atoms with Gasteiger partial charge in [-0.3, -0.25) is 10.1 Å². The predicted octanol–water partition coefficient (Wildman–Crippen LogP) is 2.76. The van der Waals surface area contributed by atoms with Crippen LogP contribution in [0.1, 0.15) is 18.4 Å². The van der Waals surface area contributed by atoms with Gasteiger partial charge in [0.25, 0.3) is 5.69 Å². The van der Waals surface area contributed by atoms with Crippen molar-refractivity contribution in [2.75, 3.05) is 19.8 Å². The van der Waals surface area contributed by atoms with Gasteiger partial charge in [-0.25, -0.2) is 17.5 Å². The van der Waals surface area contributed by atoms with Crippen molar-refractivity contribution in [3.8, 4) is 0 Å². The smallest absolute Gasteiger partial charge is 0.289 e. The molecule has 0 bridgehead atoms. The number of ether oxygens (including phenoxy) is 1. The van der Waals surface area contributed by atoms with E-state index in [0.717, 1.165) is 11.6 Å². The molecule has 1 N–H and O–H groups in total. The first-order valence-corrected chi connectivity index (χ1v) is 9.89. The first-order valence-electron chi connectivity index (χ1n) is 8.41. The molecule has 0 aromatic heterocycles. The van der Waals surface area contributed by atoms with E-state index in [4.69, 9.17) is 4.74 Å². The fourth-order valence-electron chi connectivity index (χ4n) is 3.28. The second-order valence-corrected chi connectivity index (χ2v) is 8.18. The first-order chi connectivity index (χ1) is 12.8. The highest BCUT2D eigenvalue weighted by atomic mass is 32.2. The summed E-state index contributed by atoms with van der Waals surface area (Å²) in [5, 5.41) is 11.2. The van der Waals surface area contributed by atoms with Gasteiger partial charge in [0.15, 0.2) is 4.90 Å². The van der Waals surface area contributed by atoms with Crippen LogP contribution in [0.3, 0.4) is 0 Å². The molecule has 0 saturated carbocycles. The Hall–Kier alpha value is -2.36. The van der Waals surface area contributed by atoms with Crippen LogP contribution >= 0.6 is 0 Å². The predicted molar refractivity (Wildman–Crippen MR) is 96.4 cm³/mol. The number of rotatable bonds is 6. The molecule has 0 spiro atoms. The minimum absolute atomic E-state index is 0.0381. The summed E-state index contributed by atoms with van der Waals surface area (Å²) < 4.78 is 46.6. The highest BCUT2D eigenvalue weighted by Crippen LogP contribution is 2.35. The van der Waals surface area contributed by atoms with Crippen LogP contribution in [-0.4, -0.2) is 33.1 Å². The normalized spacial score (nSPS) is 16.8. The average Bonchev–Trinajstić information content (AvgIpc) is 2.68. The second-order valence-electron chi connectivity index (χ2n) is 6.45. The minimum Gasteiger partial charge on any atom is -0.381 e. The third-order valence-electron chi connectivity index (χ3n) is 4.86. The Balaban J connectivity index is 1.90. The van der Waals surface area contributed by atoms with Gasteiger partial charge in [0.2, 0.25) is 10.0 Å². The number of hydrogen-bond acceptors (Lipinski definition) is 5. The molecule has 0 radical (unpaired) electrons. The maximum atomic E-state index is 13.3. The molecule has 1 saturated heterocycles. The number of para-hydroxylation sites is 1. The lowest BCUT2D eigenvalue weighted by Crippen LogP contribution is -2.44. The van der Waals surface area contributed by atoms with Crippen molar-refractivity contribution in [2.24, 2.45) is 0 Å². The zero-order valence-corrected chi connectivity index (χ0v) is 15.2. The summed E-state index contributed by atoms with van der Waals surface area (Å²) in [6, 6.07) is 11.2. The average molecular weight is 394 g/mol. The molecule has 0 amide bonds. The Bertz CT molecular complexity index is 925. The van der Waals surface area contributed by atoms with Gasteiger partial charge in [0, 0.05) is 31.2 Å². The van der Waals surface area contributed by atoms with Gasteiger partial charge in [0.1, 0.15) is 5.82 Å². The molecule has 1 aliphatic heterocycles. The number of benzene rings is 2. The molecule has 0 aliphatic carbocycles. The zero-order valence-electron chi connectivity index (χ0n) is 14.4. The van der Waals surface area contributed by atoms with Gasteiger partial charge in [0.05, 0.1) is 4.92 Å². The number of nitro benzene ring substituents is 1. The van der Waals surface area contributed by atoms with Crippen LogP contribution in [-0.2, 0) is 20.2 Å². The van der Waals surface area contributed by atoms with Crippen molar-refractivity contribution in [3.63, 3.8) is 0 Å². The summed E-state index contributed by atoms with van der Waals surface area (Å²) in [5.41, 5.74) is -0.243. The topological polar surface area (TPSA) is 98.5 Å². The van der Waals surface area contributed by atoms with Gasteiger partial charge in [-0.05, 0) is 36.6 Å². The van der Waals surface area contributed by atoms with E-state index >= 15 is 0 Å². The van der Waals surface area contributed by atoms with Crippen LogP contribution < -0.4 is 4.72 Å². The summed E-state index contributed by atoms with van der Waals surface area (Å²) in [6.45, 7) is 0.936. The van der Waals surface area contributed by atoms with Crippen LogP contribution in [0.25, 0.3) is 0 Å². The SMILES string of the molecule is O=[N+]([O-])c1ccccc1S(=O)(=O)NCC1(c2ccc(F)cc2)CCOCC1. The number of nitrogens with one attached hydrogen (secondary N) is 1. The molecule has 0 atom stereocenters. The highest BCUT2D eigenvalue weighted by Gasteiger charge is 2.36. The highest BCUT2D eigenvalue weighted by molar-refractivity contribution is 7.89. The summed E-state index contributed by atoms with van der Waals surface area (Å²) in [6.07, 6.45) is 1.11. The van der Waals surface area contributed by atoms with Crippen molar-refractivity contribution in [1.29, 1.82) is 0 Å². The van der Waals surface area contributed by atoms with E-state index in [2.05, 4.69) is 4.72 Å². The van der Waals surface area contributed by atoms with E-state index in [1.165, 1.54) is 30.3 Å². The van der Waals surface area contributed by atoms with E-state index in [9.17, 15) is 22.9 Å². The van der Waals surface area contributed by atoms with Gasteiger partial charge in [-0.15, -0.1) is 0 Å². The lowest BCUT2D eigenvalue weighted by molar-refractivity contribution is -0.387. The molecule has 2 aromatic carbocycles. The van der Waals surface area contributed by atoms with Crippen LogP contribution in [0, 0.1) is 15.9 Å². The van der Waals surface area contributed by atoms with Gasteiger partial charge >= 0.3 is 0 Å². The van der Waals surface area contributed by atoms with Crippen LogP contribution in [0.4, 0.5) is 10.1 Å². The Morgan fingerprint density at radius 2 is 1.74 bits per heavy atom. The monoisotopic (exact) mass is 394 g/mol. The van der Waals surface area contributed by atoms with E-state index in [1.54, 1.807) is 12.1 Å². The van der Waals surface area contributed by atoms with E-state index in [1.807, 2.05) is 0 Å². The quantitative estimate of drug-likeness (QED) is 0.600. The largest absolute Gasteiger partial charge is 0.381 e. The van der Waals surface area contributed by atoms with Gasteiger partial charge in [-0.2, -0.15) is 0 Å². The Labute approximate surface area is 156 Å². The molecule has 0 unspecified atom stereocenters. The molecule has 7 nitrogen and oxygen atoms in total. The molecule has 27 heavy (non-hydrogen) atoms. The van der Waals surface area contributed by atoms with Gasteiger partial charge in [-0.1, -0.05) is 24.3 Å². The van der Waals surface area contributed by atoms with Crippen molar-refractivity contribution in [2.45, 2.75) is 23.2 Å². The molecule has 144 valence electrons. The Morgan fingerprint density at radius 3 is 2.37 bits per heavy atom. The van der Waals surface area contributed by atoms with Gasteiger partial charge < -0.3 is 4.74 Å². The third-order valence-corrected chi connectivity index (χ3v) is 6.31. The number of halogens is 1. The zero-order chi connectivity index (χ0) is 19.5. The van der Waals surface area contributed by atoms with Crippen molar-refractivity contribution in [1.82, 2.24) is 4.72 Å². The number of hydrogen-bond donors (Lipinski definition) is 1. The summed E-state index contributed by atoms with van der Waals surface area (Å²) in [7, 11) is -4.10. The van der Waals surface area contributed by atoms with Crippen LogP contribution in [0.5, 0.6) is 0 Å². The number of sulfonamides is 1. The molecule has 3 rings (SSSR count). The standard InChI is InChI=1S/C18H19FN2O5S/c19-15-7-5-14(6-8-15)18(9-11-26-12-10-18)13-20-27(24,25)17-4-2-1-3-16(17)21(22)23/h1-8,20H,9-13H2. The molecule has 1 heterocycles. The van der Waals surface area contributed by atoms with Crippen LogP contribution in [0.15, 0.2) is 53.4 Å². The molecule has 9 heteroatoms. The lowest BCUT2D eigenvalue weighted by Gasteiger charge is -2.37. The first kappa shape index (κ1) is 19.4. The third kappa shape index (κ3) is 4.15. The van der Waals surface area contributed by atoms with Crippen molar-refractivity contribution in [3.05, 3.63) is 70.0 Å². The molecular formula is C18H19FN2O5S. The fraction of sp³-hybridized carbons (Fsp3) is 0.333. The van der Waals surface area contributed by atoms with E-state index in [-0.39, 0.29) is 17.3 Å². The maximum absolute atomic E-state index is 13.3. The van der Waals surface area contributed by atoms with E-state index in [0.29, 0.717) is 26.1 Å². The Kier molecular flexibility index (Phi) is 5.54. The van der Waals surface area contributed by atoms with Crippen molar-refractivity contribution < 1.29 is 22.5 Å². The fourth-order valence-corrected chi connectivity index (χ4v) is 4.58. The molecular weight excluding hydrogens is 375 g/mol. The lowest BCUT2D eigenvalue weighted by atomic mass is 9.74. The Morgan fingerprint density at radius 1 is 1.11 bits per heavy atom. The molecule has 2 aromatic rings. The molecule has 1 aliphatic rings. The maximum Gasteiger partial charge on any atom is 0.289 e.